The molecule has 8 heteroatoms. The van der Waals surface area contributed by atoms with Crippen molar-refractivity contribution in [3.05, 3.63) is 65.0 Å². The Morgan fingerprint density at radius 2 is 2.00 bits per heavy atom. The predicted octanol–water partition coefficient (Wildman–Crippen LogP) is 1.97. The quantitative estimate of drug-likeness (QED) is 0.721. The van der Waals surface area contributed by atoms with E-state index in [-0.39, 0.29) is 12.3 Å². The van der Waals surface area contributed by atoms with Crippen molar-refractivity contribution in [3.8, 4) is 5.69 Å². The van der Waals surface area contributed by atoms with Crippen LogP contribution in [0.5, 0.6) is 0 Å². The highest BCUT2D eigenvalue weighted by Gasteiger charge is 2.38. The van der Waals surface area contributed by atoms with Crippen molar-refractivity contribution in [3.63, 3.8) is 0 Å². The summed E-state index contributed by atoms with van der Waals surface area (Å²) in [6, 6.07) is 8.65. The van der Waals surface area contributed by atoms with Gasteiger partial charge in [0, 0.05) is 29.9 Å². The van der Waals surface area contributed by atoms with E-state index in [0.717, 1.165) is 28.3 Å². The molecule has 8 nitrogen and oxygen atoms in total. The van der Waals surface area contributed by atoms with E-state index in [1.54, 1.807) is 0 Å². The van der Waals surface area contributed by atoms with Gasteiger partial charge in [-0.15, -0.1) is 0 Å². The van der Waals surface area contributed by atoms with Crippen LogP contribution in [-0.4, -0.2) is 48.2 Å². The third-order valence-corrected chi connectivity index (χ3v) is 5.25. The SMILES string of the molecule is Cc1nn(-c2ccccc2)c(C)c1CC(=O)N1CCc2[nH]cnc2C1C(=O)O. The summed E-state index contributed by atoms with van der Waals surface area (Å²) in [5.74, 6) is -1.31. The summed E-state index contributed by atoms with van der Waals surface area (Å²) < 4.78 is 1.81. The normalized spacial score (nSPS) is 16.1. The number of nitrogens with zero attached hydrogens (tertiary/aromatic N) is 4. The predicted molar refractivity (Wildman–Crippen MR) is 101 cm³/mol. The number of hydrogen-bond donors (Lipinski definition) is 2. The van der Waals surface area contributed by atoms with Crippen LogP contribution in [0.4, 0.5) is 0 Å². The number of aliphatic carboxylic acids is 1. The molecule has 28 heavy (non-hydrogen) atoms. The molecule has 1 unspecified atom stereocenters. The standard InChI is InChI=1S/C20H21N5O3/c1-12-15(13(2)25(23-12)14-6-4-3-5-7-14)10-17(26)24-9-8-16-18(22-11-21-16)19(24)20(27)28/h3-7,11,19H,8-10H2,1-2H3,(H,21,22)(H,27,28). The monoisotopic (exact) mass is 379 g/mol. The minimum absolute atomic E-state index is 0.105. The number of hydrogen-bond acceptors (Lipinski definition) is 4. The maximum atomic E-state index is 13.1. The lowest BCUT2D eigenvalue weighted by atomic mass is 10.0. The number of carboxylic acid groups (broad SMARTS) is 1. The summed E-state index contributed by atoms with van der Waals surface area (Å²) in [6.07, 6.45) is 2.15. The molecule has 0 fully saturated rings. The Kier molecular flexibility index (Phi) is 4.46. The van der Waals surface area contributed by atoms with Gasteiger partial charge in [0.05, 0.1) is 29.8 Å². The second kappa shape index (κ2) is 6.95. The zero-order valence-corrected chi connectivity index (χ0v) is 15.7. The number of aromatic amines is 1. The van der Waals surface area contributed by atoms with E-state index in [1.165, 1.54) is 11.2 Å². The number of nitrogens with one attached hydrogen (secondary N) is 1. The summed E-state index contributed by atoms with van der Waals surface area (Å²) >= 11 is 0. The van der Waals surface area contributed by atoms with Crippen LogP contribution in [-0.2, 0) is 22.4 Å². The fourth-order valence-corrected chi connectivity index (χ4v) is 3.80. The summed E-state index contributed by atoms with van der Waals surface area (Å²) in [5.41, 5.74) is 4.58. The first-order valence-electron chi connectivity index (χ1n) is 9.12. The van der Waals surface area contributed by atoms with Gasteiger partial charge in [-0.3, -0.25) is 4.79 Å². The van der Waals surface area contributed by atoms with Gasteiger partial charge in [0.25, 0.3) is 0 Å². The minimum Gasteiger partial charge on any atom is -0.479 e. The van der Waals surface area contributed by atoms with Crippen LogP contribution in [0.15, 0.2) is 36.7 Å². The van der Waals surface area contributed by atoms with Crippen molar-refractivity contribution in [2.24, 2.45) is 0 Å². The summed E-state index contributed by atoms with van der Waals surface area (Å²) in [5, 5.41) is 14.3. The first-order valence-corrected chi connectivity index (χ1v) is 9.12. The van der Waals surface area contributed by atoms with E-state index in [2.05, 4.69) is 15.1 Å². The molecule has 0 saturated heterocycles. The van der Waals surface area contributed by atoms with Gasteiger partial charge in [-0.1, -0.05) is 18.2 Å². The summed E-state index contributed by atoms with van der Waals surface area (Å²) in [6.45, 7) is 4.13. The highest BCUT2D eigenvalue weighted by atomic mass is 16.4. The van der Waals surface area contributed by atoms with Gasteiger partial charge < -0.3 is 15.0 Å². The lowest BCUT2D eigenvalue weighted by Crippen LogP contribution is -2.44. The molecule has 1 amide bonds. The topological polar surface area (TPSA) is 104 Å². The number of fused-ring (bicyclic) bond motifs is 1. The van der Waals surface area contributed by atoms with Gasteiger partial charge in [-0.25, -0.2) is 14.5 Å². The van der Waals surface area contributed by atoms with Gasteiger partial charge in [0.15, 0.2) is 6.04 Å². The zero-order valence-electron chi connectivity index (χ0n) is 15.7. The first kappa shape index (κ1) is 18.0. The Bertz CT molecular complexity index is 1040. The number of carbonyl (C=O) groups excluding carboxylic acids is 1. The molecule has 0 spiro atoms. The molecule has 3 heterocycles. The van der Waals surface area contributed by atoms with E-state index in [4.69, 9.17) is 0 Å². The van der Waals surface area contributed by atoms with Crippen molar-refractivity contribution in [2.45, 2.75) is 32.7 Å². The van der Waals surface area contributed by atoms with Gasteiger partial charge in [0.2, 0.25) is 5.91 Å². The van der Waals surface area contributed by atoms with Crippen LogP contribution >= 0.6 is 0 Å². The average Bonchev–Trinajstić information content (AvgIpc) is 3.27. The molecular formula is C20H21N5O3. The van der Waals surface area contributed by atoms with E-state index in [9.17, 15) is 14.7 Å². The van der Waals surface area contributed by atoms with E-state index in [0.29, 0.717) is 18.7 Å². The van der Waals surface area contributed by atoms with Gasteiger partial charge >= 0.3 is 5.97 Å². The molecule has 1 aliphatic rings. The fraction of sp³-hybridized carbons (Fsp3) is 0.300. The fourth-order valence-electron chi connectivity index (χ4n) is 3.80. The zero-order chi connectivity index (χ0) is 19.8. The molecule has 144 valence electrons. The molecule has 1 atom stereocenters. The number of para-hydroxylation sites is 1. The highest BCUT2D eigenvalue weighted by molar-refractivity contribution is 5.86. The van der Waals surface area contributed by atoms with Gasteiger partial charge in [-0.05, 0) is 26.0 Å². The molecule has 0 bridgehead atoms. The largest absolute Gasteiger partial charge is 0.479 e. The molecular weight excluding hydrogens is 358 g/mol. The van der Waals surface area contributed by atoms with Crippen LogP contribution < -0.4 is 0 Å². The second-order valence-corrected chi connectivity index (χ2v) is 6.92. The first-order chi connectivity index (χ1) is 13.5. The number of rotatable bonds is 4. The number of aromatic nitrogens is 4. The maximum Gasteiger partial charge on any atom is 0.332 e. The molecule has 1 aromatic carbocycles. The third-order valence-electron chi connectivity index (χ3n) is 5.25. The van der Waals surface area contributed by atoms with Crippen molar-refractivity contribution in [1.29, 1.82) is 0 Å². The van der Waals surface area contributed by atoms with Crippen LogP contribution in [0.2, 0.25) is 0 Å². The summed E-state index contributed by atoms with van der Waals surface area (Å²) in [4.78, 5) is 33.4. The third kappa shape index (κ3) is 2.96. The van der Waals surface area contributed by atoms with Crippen LogP contribution in [0.3, 0.4) is 0 Å². The van der Waals surface area contributed by atoms with Gasteiger partial charge in [0.1, 0.15) is 0 Å². The van der Waals surface area contributed by atoms with Crippen molar-refractivity contribution >= 4 is 11.9 Å². The Morgan fingerprint density at radius 3 is 2.71 bits per heavy atom. The van der Waals surface area contributed by atoms with Crippen molar-refractivity contribution in [1.82, 2.24) is 24.6 Å². The Balaban J connectivity index is 1.62. The van der Waals surface area contributed by atoms with Gasteiger partial charge in [-0.2, -0.15) is 5.10 Å². The van der Waals surface area contributed by atoms with Crippen LogP contribution in [0.25, 0.3) is 5.69 Å². The molecule has 2 aromatic heterocycles. The lowest BCUT2D eigenvalue weighted by Gasteiger charge is -2.32. The Labute approximate surface area is 161 Å². The highest BCUT2D eigenvalue weighted by Crippen LogP contribution is 2.29. The minimum atomic E-state index is -1.07. The molecule has 4 rings (SSSR count). The summed E-state index contributed by atoms with van der Waals surface area (Å²) in [7, 11) is 0. The smallest absolute Gasteiger partial charge is 0.332 e. The average molecular weight is 379 g/mol. The molecule has 2 N–H and O–H groups in total. The van der Waals surface area contributed by atoms with E-state index < -0.39 is 12.0 Å². The number of H-pyrrole nitrogens is 1. The Hall–Kier alpha value is -3.42. The Morgan fingerprint density at radius 1 is 1.25 bits per heavy atom. The molecule has 0 aliphatic carbocycles. The van der Waals surface area contributed by atoms with Crippen LogP contribution in [0.1, 0.15) is 34.4 Å². The number of imidazole rings is 1. The molecule has 0 saturated carbocycles. The molecule has 1 aliphatic heterocycles. The number of aryl methyl sites for hydroxylation is 1. The molecule has 3 aromatic rings. The second-order valence-electron chi connectivity index (χ2n) is 6.92. The lowest BCUT2D eigenvalue weighted by molar-refractivity contribution is -0.151. The number of carbonyl (C=O) groups is 2. The maximum absolute atomic E-state index is 13.1. The van der Waals surface area contributed by atoms with E-state index >= 15 is 0 Å². The number of amides is 1. The molecule has 0 radical (unpaired) electrons. The van der Waals surface area contributed by atoms with E-state index in [1.807, 2.05) is 48.9 Å². The van der Waals surface area contributed by atoms with Crippen molar-refractivity contribution in [2.75, 3.05) is 6.54 Å². The number of benzene rings is 1. The van der Waals surface area contributed by atoms with Crippen LogP contribution in [0, 0.1) is 13.8 Å². The van der Waals surface area contributed by atoms with Crippen molar-refractivity contribution < 1.29 is 14.7 Å². The number of carboxylic acids is 1.